The average molecular weight is 254 g/mol. The van der Waals surface area contributed by atoms with E-state index in [1.54, 1.807) is 30.1 Å². The molecular formula is C11H18N4OS. The van der Waals surface area contributed by atoms with Crippen LogP contribution in [0.25, 0.3) is 0 Å². The van der Waals surface area contributed by atoms with Gasteiger partial charge in [0.1, 0.15) is 0 Å². The Kier molecular flexibility index (Phi) is 5.96. The van der Waals surface area contributed by atoms with Crippen LogP contribution in [-0.2, 0) is 5.75 Å². The number of nitrogens with zero attached hydrogens (tertiary/aromatic N) is 1. The summed E-state index contributed by atoms with van der Waals surface area (Å²) in [5, 5.41) is 0. The van der Waals surface area contributed by atoms with Crippen LogP contribution in [0.5, 0.6) is 0 Å². The highest BCUT2D eigenvalue weighted by Gasteiger charge is 2.11. The highest BCUT2D eigenvalue weighted by molar-refractivity contribution is 7.98. The molecule has 5 nitrogen and oxygen atoms in total. The van der Waals surface area contributed by atoms with Crippen molar-refractivity contribution < 1.29 is 4.79 Å². The van der Waals surface area contributed by atoms with Crippen molar-refractivity contribution in [2.45, 2.75) is 25.1 Å². The van der Waals surface area contributed by atoms with Crippen molar-refractivity contribution >= 4 is 17.7 Å². The van der Waals surface area contributed by atoms with Crippen LogP contribution in [0.3, 0.4) is 0 Å². The maximum atomic E-state index is 11.5. The normalized spacial score (nSPS) is 12.2. The minimum Gasteiger partial charge on any atom is -0.327 e. The average Bonchev–Trinajstić information content (AvgIpc) is 2.38. The molecular weight excluding hydrogens is 236 g/mol. The molecule has 0 saturated heterocycles. The first kappa shape index (κ1) is 14.0. The minimum absolute atomic E-state index is 0.190. The van der Waals surface area contributed by atoms with Crippen LogP contribution < -0.4 is 17.0 Å². The molecule has 0 spiro atoms. The summed E-state index contributed by atoms with van der Waals surface area (Å²) < 4.78 is 0. The lowest BCUT2D eigenvalue weighted by atomic mass is 10.2. The highest BCUT2D eigenvalue weighted by atomic mass is 32.2. The fourth-order valence-electron chi connectivity index (χ4n) is 1.26. The van der Waals surface area contributed by atoms with Crippen molar-refractivity contribution in [3.8, 4) is 0 Å². The second kappa shape index (κ2) is 7.26. The van der Waals surface area contributed by atoms with Crippen LogP contribution in [0.2, 0.25) is 0 Å². The Labute approximate surface area is 105 Å². The number of carbonyl (C=O) groups is 1. The number of amides is 1. The molecule has 0 radical (unpaired) electrons. The molecule has 0 aliphatic carbocycles. The largest absolute Gasteiger partial charge is 0.327 e. The quantitative estimate of drug-likeness (QED) is 0.394. The van der Waals surface area contributed by atoms with Crippen LogP contribution in [0.15, 0.2) is 18.3 Å². The van der Waals surface area contributed by atoms with Crippen LogP contribution in [0, 0.1) is 0 Å². The Morgan fingerprint density at radius 1 is 1.65 bits per heavy atom. The molecule has 6 heteroatoms. The molecule has 0 fully saturated rings. The van der Waals surface area contributed by atoms with Gasteiger partial charge in [0.2, 0.25) is 0 Å². The Morgan fingerprint density at radius 2 is 2.41 bits per heavy atom. The summed E-state index contributed by atoms with van der Waals surface area (Å²) in [7, 11) is 0. The van der Waals surface area contributed by atoms with Gasteiger partial charge in [-0.1, -0.05) is 6.92 Å². The third-order valence-electron chi connectivity index (χ3n) is 2.36. The molecule has 0 aromatic carbocycles. The number of pyridine rings is 1. The van der Waals surface area contributed by atoms with Crippen LogP contribution in [-0.4, -0.2) is 22.7 Å². The van der Waals surface area contributed by atoms with Crippen LogP contribution >= 0.6 is 11.8 Å². The van der Waals surface area contributed by atoms with Crippen molar-refractivity contribution in [1.29, 1.82) is 0 Å². The lowest BCUT2D eigenvalue weighted by Crippen LogP contribution is -2.31. The molecule has 5 N–H and O–H groups in total. The van der Waals surface area contributed by atoms with E-state index in [4.69, 9.17) is 11.6 Å². The van der Waals surface area contributed by atoms with E-state index in [1.807, 2.05) is 0 Å². The monoisotopic (exact) mass is 254 g/mol. The van der Waals surface area contributed by atoms with E-state index in [2.05, 4.69) is 17.3 Å². The number of hydrazine groups is 1. The number of aromatic nitrogens is 1. The number of nitrogens with two attached hydrogens (primary N) is 2. The molecule has 0 saturated carbocycles. The van der Waals surface area contributed by atoms with Crippen molar-refractivity contribution in [3.05, 3.63) is 29.6 Å². The molecule has 1 aromatic rings. The fraction of sp³-hybridized carbons (Fsp3) is 0.455. The molecule has 1 heterocycles. The molecule has 0 aliphatic heterocycles. The van der Waals surface area contributed by atoms with Gasteiger partial charge in [0, 0.05) is 23.7 Å². The topological polar surface area (TPSA) is 94.0 Å². The molecule has 1 atom stereocenters. The molecule has 1 amide bonds. The number of carbonyl (C=O) groups excluding carboxylic acids is 1. The third kappa shape index (κ3) is 4.33. The van der Waals surface area contributed by atoms with Gasteiger partial charge in [-0.15, -0.1) is 0 Å². The fourth-order valence-corrected chi connectivity index (χ4v) is 2.34. The summed E-state index contributed by atoms with van der Waals surface area (Å²) in [4.78, 5) is 15.7. The van der Waals surface area contributed by atoms with Gasteiger partial charge in [-0.05, 0) is 18.6 Å². The van der Waals surface area contributed by atoms with Gasteiger partial charge in [-0.3, -0.25) is 15.2 Å². The Balaban J connectivity index is 2.61. The van der Waals surface area contributed by atoms with Gasteiger partial charge >= 0.3 is 0 Å². The molecule has 17 heavy (non-hydrogen) atoms. The number of hydrogen-bond donors (Lipinski definition) is 3. The minimum atomic E-state index is -0.312. The standard InChI is InChI=1S/C11H18N4OS/c1-2-8(12)6-17-7-10-9(11(16)15-13)4-3-5-14-10/h3-5,8H,2,6-7,12-13H2,1H3,(H,15,16). The summed E-state index contributed by atoms with van der Waals surface area (Å²) in [6.45, 7) is 2.05. The molecule has 0 bridgehead atoms. The van der Waals surface area contributed by atoms with Crippen molar-refractivity contribution in [1.82, 2.24) is 10.4 Å². The predicted octanol–water partition coefficient (Wildman–Crippen LogP) is 0.656. The first-order valence-corrected chi connectivity index (χ1v) is 6.62. The van der Waals surface area contributed by atoms with Crippen LogP contribution in [0.4, 0.5) is 0 Å². The number of thioether (sulfide) groups is 1. The second-order valence-electron chi connectivity index (χ2n) is 3.65. The van der Waals surface area contributed by atoms with Crippen molar-refractivity contribution in [3.63, 3.8) is 0 Å². The number of nitrogens with one attached hydrogen (secondary N) is 1. The van der Waals surface area contributed by atoms with Gasteiger partial charge in [0.25, 0.3) is 5.91 Å². The van der Waals surface area contributed by atoms with E-state index in [9.17, 15) is 4.79 Å². The third-order valence-corrected chi connectivity index (χ3v) is 3.50. The Bertz CT molecular complexity index is 372. The Morgan fingerprint density at radius 3 is 3.06 bits per heavy atom. The second-order valence-corrected chi connectivity index (χ2v) is 4.68. The molecule has 94 valence electrons. The van der Waals surface area contributed by atoms with Crippen molar-refractivity contribution in [2.24, 2.45) is 11.6 Å². The summed E-state index contributed by atoms with van der Waals surface area (Å²) in [5.41, 5.74) is 9.20. The zero-order chi connectivity index (χ0) is 12.7. The van der Waals surface area contributed by atoms with Gasteiger partial charge in [0.15, 0.2) is 0 Å². The molecule has 0 aliphatic rings. The maximum absolute atomic E-state index is 11.5. The molecule has 1 rings (SSSR count). The van der Waals surface area contributed by atoms with E-state index < -0.39 is 0 Å². The number of nitrogen functional groups attached to an aromatic ring is 1. The number of rotatable bonds is 6. The van der Waals surface area contributed by atoms with Gasteiger partial charge in [-0.2, -0.15) is 11.8 Å². The number of hydrogen-bond acceptors (Lipinski definition) is 5. The van der Waals surface area contributed by atoms with E-state index in [1.165, 1.54) is 0 Å². The zero-order valence-corrected chi connectivity index (χ0v) is 10.7. The van der Waals surface area contributed by atoms with Gasteiger partial charge in [0.05, 0.1) is 11.3 Å². The van der Waals surface area contributed by atoms with Crippen LogP contribution in [0.1, 0.15) is 29.4 Å². The smallest absolute Gasteiger partial charge is 0.267 e. The summed E-state index contributed by atoms with van der Waals surface area (Å²) >= 11 is 1.67. The van der Waals surface area contributed by atoms with E-state index in [-0.39, 0.29) is 11.9 Å². The van der Waals surface area contributed by atoms with Crippen molar-refractivity contribution in [2.75, 3.05) is 5.75 Å². The highest BCUT2D eigenvalue weighted by Crippen LogP contribution is 2.15. The first-order valence-electron chi connectivity index (χ1n) is 5.47. The lowest BCUT2D eigenvalue weighted by Gasteiger charge is -2.09. The lowest BCUT2D eigenvalue weighted by molar-refractivity contribution is 0.0952. The first-order chi connectivity index (χ1) is 8.19. The molecule has 1 aromatic heterocycles. The predicted molar refractivity (Wildman–Crippen MR) is 70.3 cm³/mol. The zero-order valence-electron chi connectivity index (χ0n) is 9.85. The van der Waals surface area contributed by atoms with E-state index in [0.29, 0.717) is 11.3 Å². The summed E-state index contributed by atoms with van der Waals surface area (Å²) in [5.74, 6) is 6.33. The molecule has 1 unspecified atom stereocenters. The van der Waals surface area contributed by atoms with E-state index in [0.717, 1.165) is 17.9 Å². The Hall–Kier alpha value is -1.11. The summed E-state index contributed by atoms with van der Waals surface area (Å²) in [6, 6.07) is 3.62. The SMILES string of the molecule is CCC(N)CSCc1ncccc1C(=O)NN. The van der Waals surface area contributed by atoms with E-state index >= 15 is 0 Å². The maximum Gasteiger partial charge on any atom is 0.267 e. The van der Waals surface area contributed by atoms with Gasteiger partial charge in [-0.25, -0.2) is 5.84 Å². The summed E-state index contributed by atoms with van der Waals surface area (Å²) in [6.07, 6.45) is 2.62. The van der Waals surface area contributed by atoms with Gasteiger partial charge < -0.3 is 5.73 Å².